The molecule has 1 unspecified atom stereocenters. The number of primary amides is 1. The van der Waals surface area contributed by atoms with E-state index in [0.29, 0.717) is 28.8 Å². The van der Waals surface area contributed by atoms with Crippen molar-refractivity contribution in [3.8, 4) is 5.75 Å². The van der Waals surface area contributed by atoms with Gasteiger partial charge in [0.2, 0.25) is 0 Å². The van der Waals surface area contributed by atoms with Crippen molar-refractivity contribution in [3.05, 3.63) is 65.9 Å². The molecule has 2 aromatic carbocycles. The first kappa shape index (κ1) is 15.9. The average Bonchev–Trinajstić information content (AvgIpc) is 3.02. The molecule has 0 saturated carbocycles. The molecule has 1 atom stereocenters. The normalized spacial score (nSPS) is 12.1. The Morgan fingerprint density at radius 1 is 1.25 bits per heavy atom. The van der Waals surface area contributed by atoms with E-state index < -0.39 is 12.1 Å². The summed E-state index contributed by atoms with van der Waals surface area (Å²) in [5, 5.41) is 10.9. The number of carbonyl (C=O) groups is 1. The number of hydroxylamine groups is 2. The average molecular weight is 326 g/mol. The molecule has 124 valence electrons. The number of ether oxygens (including phenoxy) is 1. The third-order valence-electron chi connectivity index (χ3n) is 3.76. The number of nitrogens with zero attached hydrogens (tertiary/aromatic N) is 1. The van der Waals surface area contributed by atoms with Gasteiger partial charge in [0.15, 0.2) is 0 Å². The molecular weight excluding hydrogens is 308 g/mol. The number of rotatable bonds is 5. The van der Waals surface area contributed by atoms with E-state index in [1.165, 1.54) is 0 Å². The van der Waals surface area contributed by atoms with Crippen LogP contribution in [0.3, 0.4) is 0 Å². The Morgan fingerprint density at radius 3 is 2.71 bits per heavy atom. The molecule has 1 heterocycles. The lowest BCUT2D eigenvalue weighted by atomic mass is 10.2. The van der Waals surface area contributed by atoms with Gasteiger partial charge in [-0.05, 0) is 36.8 Å². The number of amides is 2. The van der Waals surface area contributed by atoms with Crippen LogP contribution in [-0.4, -0.2) is 16.3 Å². The van der Waals surface area contributed by atoms with E-state index in [9.17, 15) is 10.0 Å². The van der Waals surface area contributed by atoms with Crippen LogP contribution in [0.1, 0.15) is 24.3 Å². The Bertz CT molecular complexity index is 845. The van der Waals surface area contributed by atoms with Crippen molar-refractivity contribution in [1.29, 1.82) is 0 Å². The monoisotopic (exact) mass is 326 g/mol. The van der Waals surface area contributed by atoms with Gasteiger partial charge in [0, 0.05) is 5.39 Å². The van der Waals surface area contributed by atoms with E-state index >= 15 is 0 Å². The Labute approximate surface area is 139 Å². The summed E-state index contributed by atoms with van der Waals surface area (Å²) in [6.07, 6.45) is 0. The van der Waals surface area contributed by atoms with Gasteiger partial charge >= 0.3 is 6.03 Å². The highest BCUT2D eigenvalue weighted by Gasteiger charge is 2.21. The molecule has 3 N–H and O–H groups in total. The van der Waals surface area contributed by atoms with Crippen LogP contribution in [0, 0.1) is 0 Å². The molecule has 0 aliphatic heterocycles. The smallest absolute Gasteiger partial charge is 0.339 e. The fraction of sp³-hybridized carbons (Fsp3) is 0.167. The lowest BCUT2D eigenvalue weighted by Gasteiger charge is -2.17. The van der Waals surface area contributed by atoms with Crippen LogP contribution in [0.25, 0.3) is 11.0 Å². The molecule has 3 rings (SSSR count). The number of fused-ring (bicyclic) bond motifs is 1. The zero-order valence-electron chi connectivity index (χ0n) is 13.2. The molecule has 0 radical (unpaired) electrons. The van der Waals surface area contributed by atoms with E-state index in [2.05, 4.69) is 0 Å². The lowest BCUT2D eigenvalue weighted by Crippen LogP contribution is -2.34. The second-order valence-corrected chi connectivity index (χ2v) is 5.48. The maximum absolute atomic E-state index is 11.0. The van der Waals surface area contributed by atoms with Crippen LogP contribution in [0.2, 0.25) is 0 Å². The molecular formula is C18H18N2O4. The lowest BCUT2D eigenvalue weighted by molar-refractivity contribution is -0.0758. The van der Waals surface area contributed by atoms with Gasteiger partial charge in [-0.3, -0.25) is 5.21 Å². The van der Waals surface area contributed by atoms with Gasteiger partial charge in [-0.15, -0.1) is 0 Å². The molecule has 24 heavy (non-hydrogen) atoms. The maximum atomic E-state index is 11.0. The van der Waals surface area contributed by atoms with Crippen LogP contribution in [0.15, 0.2) is 59.0 Å². The molecule has 0 spiro atoms. The topological polar surface area (TPSA) is 88.9 Å². The number of benzene rings is 2. The van der Waals surface area contributed by atoms with E-state index in [1.54, 1.807) is 19.1 Å². The Morgan fingerprint density at radius 2 is 2.00 bits per heavy atom. The van der Waals surface area contributed by atoms with Crippen molar-refractivity contribution in [2.45, 2.75) is 19.6 Å². The standard InChI is InChI=1S/C18H18N2O4/c1-12(20(22)18(19)21)17-10-14-9-15(7-8-16(14)24-17)23-11-13-5-3-2-4-6-13/h2-10,12,22H,11H2,1H3,(H2,19,21). The minimum atomic E-state index is -0.935. The van der Waals surface area contributed by atoms with Crippen molar-refractivity contribution in [2.24, 2.45) is 5.73 Å². The second-order valence-electron chi connectivity index (χ2n) is 5.48. The summed E-state index contributed by atoms with van der Waals surface area (Å²) in [5.41, 5.74) is 6.78. The molecule has 0 aliphatic carbocycles. The van der Waals surface area contributed by atoms with Crippen molar-refractivity contribution >= 4 is 17.0 Å². The third kappa shape index (κ3) is 3.33. The maximum Gasteiger partial charge on any atom is 0.339 e. The molecule has 0 aliphatic rings. The van der Waals surface area contributed by atoms with Gasteiger partial charge in [0.05, 0.1) is 0 Å². The van der Waals surface area contributed by atoms with Crippen LogP contribution < -0.4 is 10.5 Å². The van der Waals surface area contributed by atoms with Gasteiger partial charge in [0.1, 0.15) is 29.7 Å². The van der Waals surface area contributed by atoms with Crippen LogP contribution in [0.5, 0.6) is 5.75 Å². The number of furan rings is 1. The molecule has 0 bridgehead atoms. The van der Waals surface area contributed by atoms with Gasteiger partial charge < -0.3 is 14.9 Å². The summed E-state index contributed by atoms with van der Waals surface area (Å²) >= 11 is 0. The summed E-state index contributed by atoms with van der Waals surface area (Å²) in [7, 11) is 0. The summed E-state index contributed by atoms with van der Waals surface area (Å²) in [6, 6.07) is 15.5. The van der Waals surface area contributed by atoms with Crippen LogP contribution >= 0.6 is 0 Å². The van der Waals surface area contributed by atoms with Crippen molar-refractivity contribution < 1.29 is 19.2 Å². The summed E-state index contributed by atoms with van der Waals surface area (Å²) in [6.45, 7) is 2.09. The Balaban J connectivity index is 1.77. The predicted octanol–water partition coefficient (Wildman–Crippen LogP) is 3.84. The minimum Gasteiger partial charge on any atom is -0.489 e. The highest BCUT2D eigenvalue weighted by molar-refractivity contribution is 5.80. The van der Waals surface area contributed by atoms with Crippen molar-refractivity contribution in [1.82, 2.24) is 5.06 Å². The van der Waals surface area contributed by atoms with E-state index in [1.807, 2.05) is 42.5 Å². The number of hydrogen-bond acceptors (Lipinski definition) is 4. The zero-order valence-corrected chi connectivity index (χ0v) is 13.2. The molecule has 1 aromatic heterocycles. The van der Waals surface area contributed by atoms with Crippen LogP contribution in [0.4, 0.5) is 4.79 Å². The fourth-order valence-corrected chi connectivity index (χ4v) is 2.39. The first-order chi connectivity index (χ1) is 11.5. The first-order valence-corrected chi connectivity index (χ1v) is 7.52. The number of nitrogens with two attached hydrogens (primary N) is 1. The van der Waals surface area contributed by atoms with Gasteiger partial charge in [-0.25, -0.2) is 4.79 Å². The van der Waals surface area contributed by atoms with Crippen LogP contribution in [-0.2, 0) is 6.61 Å². The number of urea groups is 1. The Kier molecular flexibility index (Phi) is 4.39. The molecule has 6 heteroatoms. The zero-order chi connectivity index (χ0) is 17.1. The molecule has 6 nitrogen and oxygen atoms in total. The SMILES string of the molecule is CC(c1cc2cc(OCc3ccccc3)ccc2o1)N(O)C(N)=O. The van der Waals surface area contributed by atoms with Gasteiger partial charge in [-0.2, -0.15) is 5.06 Å². The molecule has 0 saturated heterocycles. The quantitative estimate of drug-likeness (QED) is 0.550. The minimum absolute atomic E-state index is 0.435. The fourth-order valence-electron chi connectivity index (χ4n) is 2.39. The molecule has 2 amide bonds. The number of hydrogen-bond donors (Lipinski definition) is 2. The Hall–Kier alpha value is -2.99. The number of carbonyl (C=O) groups excluding carboxylic acids is 1. The summed E-state index contributed by atoms with van der Waals surface area (Å²) < 4.78 is 11.4. The predicted molar refractivity (Wildman–Crippen MR) is 88.6 cm³/mol. The second kappa shape index (κ2) is 6.64. The van der Waals surface area contributed by atoms with Gasteiger partial charge in [0.25, 0.3) is 0 Å². The highest BCUT2D eigenvalue weighted by atomic mass is 16.5. The summed E-state index contributed by atoms with van der Waals surface area (Å²) in [4.78, 5) is 11.0. The van der Waals surface area contributed by atoms with Crippen molar-refractivity contribution in [2.75, 3.05) is 0 Å². The third-order valence-corrected chi connectivity index (χ3v) is 3.76. The molecule has 3 aromatic rings. The first-order valence-electron chi connectivity index (χ1n) is 7.52. The largest absolute Gasteiger partial charge is 0.489 e. The van der Waals surface area contributed by atoms with E-state index in [0.717, 1.165) is 10.9 Å². The van der Waals surface area contributed by atoms with E-state index in [4.69, 9.17) is 14.9 Å². The van der Waals surface area contributed by atoms with Crippen molar-refractivity contribution in [3.63, 3.8) is 0 Å². The molecule has 0 fully saturated rings. The van der Waals surface area contributed by atoms with E-state index in [-0.39, 0.29) is 0 Å². The summed E-state index contributed by atoms with van der Waals surface area (Å²) in [5.74, 6) is 1.15. The highest BCUT2D eigenvalue weighted by Crippen LogP contribution is 2.29. The van der Waals surface area contributed by atoms with Gasteiger partial charge in [-0.1, -0.05) is 30.3 Å².